The summed E-state index contributed by atoms with van der Waals surface area (Å²) in [7, 11) is 0. The van der Waals surface area contributed by atoms with Gasteiger partial charge in [0.15, 0.2) is 0 Å². The van der Waals surface area contributed by atoms with Crippen molar-refractivity contribution >= 4 is 12.1 Å². The topological polar surface area (TPSA) is 55.4 Å². The number of alkyl carbamates (subject to hydrolysis) is 1. The summed E-state index contributed by atoms with van der Waals surface area (Å²) < 4.78 is 4.57. The van der Waals surface area contributed by atoms with Crippen LogP contribution in [0.3, 0.4) is 0 Å². The van der Waals surface area contributed by atoms with Crippen LogP contribution in [0, 0.1) is 5.92 Å². The van der Waals surface area contributed by atoms with E-state index in [1.165, 1.54) is 13.3 Å². The predicted molar refractivity (Wildman–Crippen MR) is 60.9 cm³/mol. The van der Waals surface area contributed by atoms with E-state index < -0.39 is 12.1 Å². The minimum Gasteiger partial charge on any atom is -0.373 e. The second-order valence-electron chi connectivity index (χ2n) is 4.47. The van der Waals surface area contributed by atoms with E-state index in [1.54, 1.807) is 0 Å². The van der Waals surface area contributed by atoms with Crippen molar-refractivity contribution in [3.8, 4) is 0 Å². The molecule has 1 amide bonds. The molecule has 2 unspecified atom stereocenters. The molecule has 2 atom stereocenters. The second-order valence-corrected chi connectivity index (χ2v) is 4.47. The van der Waals surface area contributed by atoms with Crippen LogP contribution in [0.25, 0.3) is 0 Å². The number of hydrogen-bond donors (Lipinski definition) is 1. The molecule has 0 heterocycles. The van der Waals surface area contributed by atoms with E-state index in [0.29, 0.717) is 5.92 Å². The maximum Gasteiger partial charge on any atom is 0.415 e. The smallest absolute Gasteiger partial charge is 0.373 e. The molecule has 4 nitrogen and oxygen atoms in total. The number of ether oxygens (including phenoxy) is 1. The molecule has 0 spiro atoms. The van der Waals surface area contributed by atoms with Crippen molar-refractivity contribution in [2.45, 2.75) is 45.6 Å². The summed E-state index contributed by atoms with van der Waals surface area (Å²) >= 11 is 0. The third-order valence-corrected chi connectivity index (χ3v) is 2.95. The van der Waals surface area contributed by atoms with Crippen LogP contribution < -0.4 is 5.32 Å². The van der Waals surface area contributed by atoms with Crippen molar-refractivity contribution in [1.82, 2.24) is 5.32 Å². The van der Waals surface area contributed by atoms with E-state index in [2.05, 4.69) is 23.6 Å². The Labute approximate surface area is 96.0 Å². The molecule has 0 aliphatic heterocycles. The highest BCUT2D eigenvalue weighted by Crippen LogP contribution is 2.23. The lowest BCUT2D eigenvalue weighted by molar-refractivity contribution is -0.133. The van der Waals surface area contributed by atoms with Crippen LogP contribution in [-0.4, -0.2) is 18.1 Å². The normalized spacial score (nSPS) is 24.6. The Bertz CT molecular complexity index is 299. The first kappa shape index (κ1) is 12.7. The average Bonchev–Trinajstić information content (AvgIpc) is 2.21. The molecule has 1 aliphatic carbocycles. The first-order valence-corrected chi connectivity index (χ1v) is 5.69. The van der Waals surface area contributed by atoms with E-state index in [1.807, 2.05) is 0 Å². The molecule has 90 valence electrons. The Hall–Kier alpha value is -1.32. The fourth-order valence-corrected chi connectivity index (χ4v) is 1.88. The van der Waals surface area contributed by atoms with Crippen LogP contribution in [0.15, 0.2) is 12.2 Å². The third kappa shape index (κ3) is 3.68. The monoisotopic (exact) mass is 225 g/mol. The molecule has 1 N–H and O–H groups in total. The van der Waals surface area contributed by atoms with E-state index >= 15 is 0 Å². The van der Waals surface area contributed by atoms with E-state index in [9.17, 15) is 9.59 Å². The van der Waals surface area contributed by atoms with Crippen molar-refractivity contribution < 1.29 is 14.3 Å². The van der Waals surface area contributed by atoms with Gasteiger partial charge < -0.3 is 10.1 Å². The molecule has 4 heteroatoms. The number of rotatable bonds is 2. The summed E-state index contributed by atoms with van der Waals surface area (Å²) in [5.74, 6) is -0.220. The van der Waals surface area contributed by atoms with Crippen molar-refractivity contribution in [3.05, 3.63) is 12.2 Å². The number of carbonyl (C=O) groups is 2. The van der Waals surface area contributed by atoms with Crippen LogP contribution in [-0.2, 0) is 9.53 Å². The fraction of sp³-hybridized carbons (Fsp3) is 0.667. The Kier molecular flexibility index (Phi) is 4.52. The number of carbonyl (C=O) groups excluding carboxylic acids is 2. The van der Waals surface area contributed by atoms with Gasteiger partial charge in [0.25, 0.3) is 0 Å². The highest BCUT2D eigenvalue weighted by atomic mass is 16.6. The van der Waals surface area contributed by atoms with Gasteiger partial charge in [0.1, 0.15) is 0 Å². The lowest BCUT2D eigenvalue weighted by Crippen LogP contribution is -2.42. The Morgan fingerprint density at radius 1 is 1.31 bits per heavy atom. The Balaban J connectivity index is 2.38. The molecule has 0 aromatic rings. The molecule has 0 saturated heterocycles. The van der Waals surface area contributed by atoms with E-state index in [0.717, 1.165) is 19.3 Å². The van der Waals surface area contributed by atoms with E-state index in [4.69, 9.17) is 0 Å². The van der Waals surface area contributed by atoms with Gasteiger partial charge in [-0.25, -0.2) is 9.59 Å². The third-order valence-electron chi connectivity index (χ3n) is 2.95. The van der Waals surface area contributed by atoms with Crippen molar-refractivity contribution in [2.24, 2.45) is 5.92 Å². The number of amides is 1. The van der Waals surface area contributed by atoms with Crippen LogP contribution in [0.2, 0.25) is 0 Å². The number of hydrogen-bond acceptors (Lipinski definition) is 3. The summed E-state index contributed by atoms with van der Waals surface area (Å²) in [6.07, 6.45) is 3.73. The minimum absolute atomic E-state index is 0.124. The van der Waals surface area contributed by atoms with Gasteiger partial charge >= 0.3 is 12.1 Å². The number of esters is 1. The lowest BCUT2D eigenvalue weighted by atomic mass is 9.86. The summed E-state index contributed by atoms with van der Waals surface area (Å²) in [6, 6.07) is 0.124. The first-order valence-electron chi connectivity index (χ1n) is 5.69. The van der Waals surface area contributed by atoms with Gasteiger partial charge in [-0.15, -0.1) is 0 Å². The molecule has 1 fully saturated rings. The quantitative estimate of drug-likeness (QED) is 0.446. The number of nitrogens with one attached hydrogen (secondary N) is 1. The van der Waals surface area contributed by atoms with Gasteiger partial charge in [-0.2, -0.15) is 0 Å². The van der Waals surface area contributed by atoms with Crippen LogP contribution in [0.5, 0.6) is 0 Å². The lowest BCUT2D eigenvalue weighted by Gasteiger charge is -2.28. The van der Waals surface area contributed by atoms with Crippen molar-refractivity contribution in [3.63, 3.8) is 0 Å². The zero-order chi connectivity index (χ0) is 12.1. The summed E-state index contributed by atoms with van der Waals surface area (Å²) in [5, 5.41) is 2.73. The molecule has 1 rings (SSSR count). The zero-order valence-corrected chi connectivity index (χ0v) is 9.91. The molecule has 1 aliphatic rings. The Morgan fingerprint density at radius 2 is 1.94 bits per heavy atom. The van der Waals surface area contributed by atoms with Crippen LogP contribution in [0.1, 0.15) is 39.5 Å². The molecule has 0 aromatic heterocycles. The van der Waals surface area contributed by atoms with Gasteiger partial charge in [-0.05, 0) is 25.7 Å². The predicted octanol–water partition coefficient (Wildman–Crippen LogP) is 2.39. The fourth-order valence-electron chi connectivity index (χ4n) is 1.88. The van der Waals surface area contributed by atoms with Crippen LogP contribution >= 0.6 is 0 Å². The zero-order valence-electron chi connectivity index (χ0n) is 9.91. The van der Waals surface area contributed by atoms with Gasteiger partial charge in [0.2, 0.25) is 0 Å². The molecule has 0 aromatic carbocycles. The average molecular weight is 225 g/mol. The molecule has 0 bridgehead atoms. The first-order chi connectivity index (χ1) is 7.50. The van der Waals surface area contributed by atoms with E-state index in [-0.39, 0.29) is 11.6 Å². The van der Waals surface area contributed by atoms with Gasteiger partial charge in [-0.1, -0.05) is 26.3 Å². The van der Waals surface area contributed by atoms with Gasteiger partial charge in [-0.3, -0.25) is 0 Å². The maximum atomic E-state index is 11.4. The molecule has 0 radical (unpaired) electrons. The molecular formula is C12H19NO3. The minimum atomic E-state index is -0.666. The van der Waals surface area contributed by atoms with Gasteiger partial charge in [0, 0.05) is 11.6 Å². The highest BCUT2D eigenvalue weighted by molar-refractivity contribution is 5.94. The highest BCUT2D eigenvalue weighted by Gasteiger charge is 2.24. The second kappa shape index (κ2) is 5.68. The maximum absolute atomic E-state index is 11.4. The summed E-state index contributed by atoms with van der Waals surface area (Å²) in [4.78, 5) is 22.5. The van der Waals surface area contributed by atoms with Crippen molar-refractivity contribution in [2.75, 3.05) is 0 Å². The molecule has 16 heavy (non-hydrogen) atoms. The SMILES string of the molecule is C=C(C)C(=O)OC(=O)NC1CCCCC1C. The summed E-state index contributed by atoms with van der Waals surface area (Å²) in [6.45, 7) is 7.03. The van der Waals surface area contributed by atoms with Crippen molar-refractivity contribution in [1.29, 1.82) is 0 Å². The van der Waals surface area contributed by atoms with Crippen LogP contribution in [0.4, 0.5) is 4.79 Å². The standard InChI is InChI=1S/C12H19NO3/c1-8(2)11(14)16-12(15)13-10-7-5-4-6-9(10)3/h9-10H,1,4-7H2,2-3H3,(H,13,15). The molecule has 1 saturated carbocycles. The summed E-state index contributed by atoms with van der Waals surface area (Å²) in [5.41, 5.74) is 0.229. The Morgan fingerprint density at radius 3 is 2.50 bits per heavy atom. The molecular weight excluding hydrogens is 206 g/mol. The largest absolute Gasteiger partial charge is 0.415 e. The van der Waals surface area contributed by atoms with Gasteiger partial charge in [0.05, 0.1) is 0 Å².